The number of terminal acetylenes is 1. The monoisotopic (exact) mass is 433 g/mol. The van der Waals surface area contributed by atoms with E-state index in [1.165, 1.54) is 16.9 Å². The Bertz CT molecular complexity index is 959. The molecule has 3 rings (SSSR count). The van der Waals surface area contributed by atoms with Crippen LogP contribution in [0.2, 0.25) is 0 Å². The fraction of sp³-hybridized carbons (Fsp3) is 0.296. The quantitative estimate of drug-likeness (QED) is 0.404. The molecular weight excluding hydrogens is 398 g/mol. The van der Waals surface area contributed by atoms with Crippen LogP contribution < -0.4 is 10.6 Å². The van der Waals surface area contributed by atoms with Crippen molar-refractivity contribution in [2.75, 3.05) is 19.4 Å². The van der Waals surface area contributed by atoms with Crippen molar-refractivity contribution in [1.29, 1.82) is 0 Å². The molecule has 1 aliphatic carbocycles. The molecule has 32 heavy (non-hydrogen) atoms. The molecular formula is C27H35N3O2. The van der Waals surface area contributed by atoms with Crippen LogP contribution in [-0.2, 0) is 0 Å². The molecule has 5 heteroatoms. The smallest absolute Gasteiger partial charge is 0.257 e. The van der Waals surface area contributed by atoms with Crippen LogP contribution in [0.5, 0.6) is 5.75 Å². The maximum Gasteiger partial charge on any atom is 0.257 e. The van der Waals surface area contributed by atoms with Gasteiger partial charge in [-0.3, -0.25) is 4.79 Å². The van der Waals surface area contributed by atoms with E-state index in [4.69, 9.17) is 0 Å². The van der Waals surface area contributed by atoms with Crippen molar-refractivity contribution in [3.63, 3.8) is 0 Å². The van der Waals surface area contributed by atoms with Crippen LogP contribution in [0.3, 0.4) is 0 Å². The largest absolute Gasteiger partial charge is 0.505 e. The number of hydrogen-bond donors (Lipinski definition) is 3. The highest BCUT2D eigenvalue weighted by molar-refractivity contribution is 5.98. The first-order valence-electron chi connectivity index (χ1n) is 10.7. The molecule has 0 heterocycles. The van der Waals surface area contributed by atoms with E-state index >= 15 is 0 Å². The molecule has 170 valence electrons. The van der Waals surface area contributed by atoms with Gasteiger partial charge in [0.2, 0.25) is 0 Å². The number of benzene rings is 2. The average Bonchev–Trinajstić information content (AvgIpc) is 2.80. The van der Waals surface area contributed by atoms with Gasteiger partial charge in [0.05, 0.1) is 16.9 Å². The van der Waals surface area contributed by atoms with Gasteiger partial charge in [-0.2, -0.15) is 0 Å². The topological polar surface area (TPSA) is 64.6 Å². The van der Waals surface area contributed by atoms with E-state index in [1.54, 1.807) is 32.3 Å². The molecule has 3 N–H and O–H groups in total. The van der Waals surface area contributed by atoms with Crippen LogP contribution >= 0.6 is 0 Å². The summed E-state index contributed by atoms with van der Waals surface area (Å²) in [6.45, 7) is 10.4. The van der Waals surface area contributed by atoms with Crippen molar-refractivity contribution in [3.05, 3.63) is 83.2 Å². The van der Waals surface area contributed by atoms with E-state index in [2.05, 4.69) is 63.0 Å². The number of amides is 1. The molecule has 1 aliphatic rings. The minimum atomic E-state index is -0.242. The van der Waals surface area contributed by atoms with E-state index in [1.807, 2.05) is 18.2 Å². The predicted octanol–water partition coefficient (Wildman–Crippen LogP) is 5.69. The zero-order valence-electron chi connectivity index (χ0n) is 19.8. The normalized spacial score (nSPS) is 12.8. The van der Waals surface area contributed by atoms with Gasteiger partial charge in [-0.15, -0.1) is 12.8 Å². The van der Waals surface area contributed by atoms with Gasteiger partial charge in [0.1, 0.15) is 0 Å². The fourth-order valence-corrected chi connectivity index (χ4v) is 3.06. The van der Waals surface area contributed by atoms with Crippen molar-refractivity contribution in [2.45, 2.75) is 39.7 Å². The molecule has 2 aromatic rings. The van der Waals surface area contributed by atoms with E-state index in [9.17, 15) is 9.90 Å². The summed E-state index contributed by atoms with van der Waals surface area (Å²) >= 11 is 0. The second-order valence-electron chi connectivity index (χ2n) is 7.64. The number of nitrogens with one attached hydrogen (secondary N) is 2. The van der Waals surface area contributed by atoms with Crippen LogP contribution in [0.15, 0.2) is 72.1 Å². The molecule has 5 nitrogen and oxygen atoms in total. The predicted molar refractivity (Wildman–Crippen MR) is 134 cm³/mol. The lowest BCUT2D eigenvalue weighted by Crippen LogP contribution is -2.28. The molecule has 0 saturated heterocycles. The Labute approximate surface area is 192 Å². The average molecular weight is 434 g/mol. The lowest BCUT2D eigenvalue weighted by Gasteiger charge is -2.31. The van der Waals surface area contributed by atoms with Gasteiger partial charge in [0.25, 0.3) is 5.91 Å². The van der Waals surface area contributed by atoms with Gasteiger partial charge in [-0.25, -0.2) is 0 Å². The molecule has 0 bridgehead atoms. The first kappa shape index (κ1) is 26.4. The molecule has 2 aromatic carbocycles. The number of nitrogens with zero attached hydrogens (tertiary/aromatic N) is 1. The number of rotatable bonds is 6. The number of allylic oxidation sites excluding steroid dienone is 2. The molecule has 0 aromatic heterocycles. The van der Waals surface area contributed by atoms with Gasteiger partial charge in [-0.05, 0) is 30.2 Å². The Kier molecular flexibility index (Phi) is 10.6. The SMILES string of the molecule is C#C.C=C1CC(NC(C)c2ccccc2)=C1Nc1cccc(C(=O)N(C)C)c1O.CCC. The van der Waals surface area contributed by atoms with Crippen LogP contribution in [-0.4, -0.2) is 30.0 Å². The lowest BCUT2D eigenvalue weighted by atomic mass is 9.93. The number of para-hydroxylation sites is 1. The summed E-state index contributed by atoms with van der Waals surface area (Å²) in [5.74, 6) is -0.299. The van der Waals surface area contributed by atoms with Crippen LogP contribution in [0.1, 0.15) is 55.6 Å². The molecule has 1 atom stereocenters. The third-order valence-corrected chi connectivity index (χ3v) is 4.67. The summed E-state index contributed by atoms with van der Waals surface area (Å²) in [5, 5.41) is 17.3. The zero-order valence-corrected chi connectivity index (χ0v) is 19.8. The summed E-state index contributed by atoms with van der Waals surface area (Å²) in [6.07, 6.45) is 10.0. The molecule has 1 unspecified atom stereocenters. The second-order valence-corrected chi connectivity index (χ2v) is 7.64. The summed E-state index contributed by atoms with van der Waals surface area (Å²) < 4.78 is 0. The minimum absolute atomic E-state index is 0.0566. The van der Waals surface area contributed by atoms with Crippen molar-refractivity contribution < 1.29 is 9.90 Å². The highest BCUT2D eigenvalue weighted by Gasteiger charge is 2.25. The Morgan fingerprint density at radius 1 is 1.12 bits per heavy atom. The van der Waals surface area contributed by atoms with Gasteiger partial charge >= 0.3 is 0 Å². The van der Waals surface area contributed by atoms with Crippen molar-refractivity contribution in [2.24, 2.45) is 0 Å². The number of aromatic hydroxyl groups is 1. The van der Waals surface area contributed by atoms with Gasteiger partial charge in [-0.1, -0.05) is 63.2 Å². The Morgan fingerprint density at radius 2 is 1.72 bits per heavy atom. The Balaban J connectivity index is 0.000000944. The van der Waals surface area contributed by atoms with E-state index in [0.29, 0.717) is 5.69 Å². The third kappa shape index (κ3) is 6.68. The number of carbonyl (C=O) groups excluding carboxylic acids is 1. The Morgan fingerprint density at radius 3 is 2.25 bits per heavy atom. The standard InChI is InChI=1S/C22H25N3O2.C3H8.C2H2/c1-14-13-19(23-15(2)16-9-6-5-7-10-16)20(14)24-18-12-8-11-17(21(18)26)22(27)25(3)4;1-3-2;1-2/h5-12,15,23-24,26H,1,13H2,2-4H3;3H2,1-2H3;1-2H. The molecule has 0 spiro atoms. The number of anilines is 1. The van der Waals surface area contributed by atoms with E-state index in [-0.39, 0.29) is 23.3 Å². The first-order valence-corrected chi connectivity index (χ1v) is 10.7. The number of hydrogen-bond acceptors (Lipinski definition) is 4. The summed E-state index contributed by atoms with van der Waals surface area (Å²) in [6, 6.07) is 15.5. The second kappa shape index (κ2) is 12.9. The van der Waals surface area contributed by atoms with Crippen molar-refractivity contribution >= 4 is 11.6 Å². The summed E-state index contributed by atoms with van der Waals surface area (Å²) in [7, 11) is 3.32. The van der Waals surface area contributed by atoms with Crippen LogP contribution in [0, 0.1) is 12.8 Å². The number of phenolic OH excluding ortho intramolecular Hbond substituents is 1. The maximum atomic E-state index is 12.2. The zero-order chi connectivity index (χ0) is 24.3. The first-order chi connectivity index (χ1) is 15.3. The molecule has 0 aliphatic heterocycles. The molecule has 1 amide bonds. The van der Waals surface area contributed by atoms with Gasteiger partial charge in [0, 0.05) is 32.3 Å². The van der Waals surface area contributed by atoms with E-state index < -0.39 is 0 Å². The minimum Gasteiger partial charge on any atom is -0.505 e. The Hall–Kier alpha value is -3.65. The summed E-state index contributed by atoms with van der Waals surface area (Å²) in [5.41, 5.74) is 4.82. The fourth-order valence-electron chi connectivity index (χ4n) is 3.06. The molecule has 0 saturated carbocycles. The van der Waals surface area contributed by atoms with E-state index in [0.717, 1.165) is 23.4 Å². The van der Waals surface area contributed by atoms with Crippen LogP contribution in [0.4, 0.5) is 5.69 Å². The summed E-state index contributed by atoms with van der Waals surface area (Å²) in [4.78, 5) is 13.7. The lowest BCUT2D eigenvalue weighted by molar-refractivity contribution is 0.0824. The number of carbonyl (C=O) groups is 1. The maximum absolute atomic E-state index is 12.2. The number of phenols is 1. The third-order valence-electron chi connectivity index (χ3n) is 4.67. The van der Waals surface area contributed by atoms with Crippen molar-refractivity contribution in [1.82, 2.24) is 10.2 Å². The van der Waals surface area contributed by atoms with Crippen LogP contribution in [0.25, 0.3) is 0 Å². The molecule has 0 fully saturated rings. The molecule has 0 radical (unpaired) electrons. The highest BCUT2D eigenvalue weighted by atomic mass is 16.3. The van der Waals surface area contributed by atoms with Crippen molar-refractivity contribution in [3.8, 4) is 18.6 Å². The van der Waals surface area contributed by atoms with Gasteiger partial charge < -0.3 is 20.6 Å². The highest BCUT2D eigenvalue weighted by Crippen LogP contribution is 2.37. The van der Waals surface area contributed by atoms with Gasteiger partial charge in [0.15, 0.2) is 5.75 Å².